The van der Waals surface area contributed by atoms with Gasteiger partial charge in [0.15, 0.2) is 0 Å². The number of nitrogens with zero attached hydrogens (tertiary/aromatic N) is 2. The minimum atomic E-state index is -1.62. The lowest BCUT2D eigenvalue weighted by Gasteiger charge is -2.46. The van der Waals surface area contributed by atoms with E-state index in [1.54, 1.807) is 12.1 Å². The van der Waals surface area contributed by atoms with Gasteiger partial charge in [0.1, 0.15) is 5.75 Å². The number of benzene rings is 2. The van der Waals surface area contributed by atoms with Crippen molar-refractivity contribution in [2.45, 2.75) is 18.3 Å². The van der Waals surface area contributed by atoms with E-state index < -0.39 is 39.9 Å². The quantitative estimate of drug-likeness (QED) is 0.447. The lowest BCUT2D eigenvalue weighted by Crippen LogP contribution is -2.66. The lowest BCUT2D eigenvalue weighted by molar-refractivity contribution is -0.384. The first-order valence-corrected chi connectivity index (χ1v) is 9.38. The first-order chi connectivity index (χ1) is 14.8. The van der Waals surface area contributed by atoms with Crippen LogP contribution in [0.15, 0.2) is 48.5 Å². The Bertz CT molecular complexity index is 1110. The highest BCUT2D eigenvalue weighted by Gasteiger charge is 2.60. The molecule has 0 spiro atoms. The highest BCUT2D eigenvalue weighted by Crippen LogP contribution is 2.46. The SMILES string of the molecule is COc1ccc(N2C(=O)C[C@]3(c4ccc([N+](=O)[O-])cc4)C(=O)NC(=O)C[C@@H]3C2=O)cc1. The molecule has 158 valence electrons. The van der Waals surface area contributed by atoms with E-state index in [2.05, 4.69) is 5.32 Å². The van der Waals surface area contributed by atoms with Crippen molar-refractivity contribution in [2.75, 3.05) is 12.0 Å². The highest BCUT2D eigenvalue weighted by molar-refractivity contribution is 6.24. The van der Waals surface area contributed by atoms with Crippen LogP contribution in [0, 0.1) is 16.0 Å². The number of imide groups is 2. The Morgan fingerprint density at radius 1 is 1.06 bits per heavy atom. The summed E-state index contributed by atoms with van der Waals surface area (Å²) in [6.45, 7) is 0. The number of nitrogens with one attached hydrogen (secondary N) is 1. The minimum Gasteiger partial charge on any atom is -0.497 e. The smallest absolute Gasteiger partial charge is 0.269 e. The lowest BCUT2D eigenvalue weighted by atomic mass is 9.61. The Kier molecular flexibility index (Phi) is 4.77. The zero-order valence-corrected chi connectivity index (χ0v) is 16.4. The molecule has 2 aliphatic heterocycles. The molecular weight excluding hydrogens is 406 g/mol. The number of piperidine rings is 2. The first kappa shape index (κ1) is 20.2. The molecule has 31 heavy (non-hydrogen) atoms. The third-order valence-corrected chi connectivity index (χ3v) is 5.76. The van der Waals surface area contributed by atoms with Crippen molar-refractivity contribution in [3.8, 4) is 5.75 Å². The van der Waals surface area contributed by atoms with Crippen LogP contribution in [0.2, 0.25) is 0 Å². The van der Waals surface area contributed by atoms with Crippen molar-refractivity contribution < 1.29 is 28.8 Å². The molecule has 2 aliphatic rings. The van der Waals surface area contributed by atoms with Crippen LogP contribution in [0.1, 0.15) is 18.4 Å². The van der Waals surface area contributed by atoms with E-state index in [1.165, 1.54) is 43.5 Å². The topological polar surface area (TPSA) is 136 Å². The van der Waals surface area contributed by atoms with E-state index in [1.807, 2.05) is 0 Å². The second kappa shape index (κ2) is 7.31. The number of nitro benzene ring substituents is 1. The summed E-state index contributed by atoms with van der Waals surface area (Å²) in [5.41, 5.74) is -1.26. The van der Waals surface area contributed by atoms with Gasteiger partial charge < -0.3 is 4.74 Å². The molecule has 2 heterocycles. The summed E-state index contributed by atoms with van der Waals surface area (Å²) in [4.78, 5) is 63.0. The van der Waals surface area contributed by atoms with Gasteiger partial charge in [0.05, 0.1) is 29.1 Å². The van der Waals surface area contributed by atoms with Crippen LogP contribution in [0.5, 0.6) is 5.75 Å². The molecule has 2 aromatic carbocycles. The number of carbonyl (C=O) groups is 4. The fourth-order valence-corrected chi connectivity index (χ4v) is 4.22. The average molecular weight is 423 g/mol. The number of hydrogen-bond donors (Lipinski definition) is 1. The number of carbonyl (C=O) groups excluding carboxylic acids is 4. The Morgan fingerprint density at radius 2 is 1.71 bits per heavy atom. The molecule has 0 unspecified atom stereocenters. The summed E-state index contributed by atoms with van der Waals surface area (Å²) in [5, 5.41) is 13.2. The molecule has 0 bridgehead atoms. The van der Waals surface area contributed by atoms with Crippen molar-refractivity contribution in [3.63, 3.8) is 0 Å². The Morgan fingerprint density at radius 3 is 2.29 bits per heavy atom. The molecule has 4 amide bonds. The van der Waals surface area contributed by atoms with Crippen LogP contribution in [0.3, 0.4) is 0 Å². The number of ether oxygens (including phenoxy) is 1. The summed E-state index contributed by atoms with van der Waals surface area (Å²) in [6, 6.07) is 11.4. The van der Waals surface area contributed by atoms with Crippen molar-refractivity contribution in [1.29, 1.82) is 0 Å². The zero-order chi connectivity index (χ0) is 22.3. The van der Waals surface area contributed by atoms with Gasteiger partial charge in [0.25, 0.3) is 5.69 Å². The van der Waals surface area contributed by atoms with Crippen LogP contribution < -0.4 is 15.0 Å². The fraction of sp³-hybridized carbons (Fsp3) is 0.238. The maximum atomic E-state index is 13.4. The number of amides is 4. The van der Waals surface area contributed by atoms with E-state index in [9.17, 15) is 29.3 Å². The van der Waals surface area contributed by atoms with E-state index >= 15 is 0 Å². The summed E-state index contributed by atoms with van der Waals surface area (Å²) in [5.74, 6) is -3.27. The van der Waals surface area contributed by atoms with Gasteiger partial charge in [-0.1, -0.05) is 12.1 Å². The monoisotopic (exact) mass is 423 g/mol. The van der Waals surface area contributed by atoms with Gasteiger partial charge >= 0.3 is 0 Å². The van der Waals surface area contributed by atoms with Crippen molar-refractivity contribution in [1.82, 2.24) is 5.32 Å². The van der Waals surface area contributed by atoms with Gasteiger partial charge in [0.2, 0.25) is 23.6 Å². The molecule has 4 rings (SSSR count). The predicted molar refractivity (Wildman–Crippen MR) is 106 cm³/mol. The van der Waals surface area contributed by atoms with Crippen molar-refractivity contribution in [3.05, 3.63) is 64.2 Å². The van der Waals surface area contributed by atoms with Crippen LogP contribution in [0.25, 0.3) is 0 Å². The number of rotatable bonds is 4. The van der Waals surface area contributed by atoms with Gasteiger partial charge in [-0.3, -0.25) is 39.5 Å². The Labute approximate surface area is 175 Å². The zero-order valence-electron chi connectivity index (χ0n) is 16.4. The molecule has 1 N–H and O–H groups in total. The van der Waals surface area contributed by atoms with Crippen molar-refractivity contribution in [2.24, 2.45) is 5.92 Å². The van der Waals surface area contributed by atoms with E-state index in [0.29, 0.717) is 11.4 Å². The summed E-state index contributed by atoms with van der Waals surface area (Å²) >= 11 is 0. The molecule has 0 saturated carbocycles. The molecule has 10 heteroatoms. The standard InChI is InChI=1S/C21H17N3O7/c1-31-15-8-6-13(7-9-15)23-18(26)11-21(12-2-4-14(5-3-12)24(29)30)16(19(23)27)10-17(25)22-20(21)28/h2-9,16H,10-11H2,1H3,(H,22,25,28)/t16-,21-/m1/s1. The molecule has 2 aromatic rings. The Hall–Kier alpha value is -4.08. The average Bonchev–Trinajstić information content (AvgIpc) is 2.75. The van der Waals surface area contributed by atoms with Gasteiger partial charge in [-0.25, -0.2) is 0 Å². The summed E-state index contributed by atoms with van der Waals surface area (Å²) in [7, 11) is 1.48. The van der Waals surface area contributed by atoms with Gasteiger partial charge in [-0.2, -0.15) is 0 Å². The molecule has 0 radical (unpaired) electrons. The van der Waals surface area contributed by atoms with Crippen LogP contribution >= 0.6 is 0 Å². The number of anilines is 1. The largest absolute Gasteiger partial charge is 0.497 e. The molecule has 2 fully saturated rings. The number of non-ortho nitro benzene ring substituents is 1. The predicted octanol–water partition coefficient (Wildman–Crippen LogP) is 1.47. The van der Waals surface area contributed by atoms with Crippen LogP contribution in [-0.4, -0.2) is 35.7 Å². The highest BCUT2D eigenvalue weighted by atomic mass is 16.6. The summed E-state index contributed by atoms with van der Waals surface area (Å²) < 4.78 is 5.09. The van der Waals surface area contributed by atoms with E-state index in [-0.39, 0.29) is 24.1 Å². The molecular formula is C21H17N3O7. The van der Waals surface area contributed by atoms with Crippen molar-refractivity contribution >= 4 is 35.0 Å². The Balaban J connectivity index is 1.80. The molecule has 0 aromatic heterocycles. The normalized spacial score (nSPS) is 23.3. The second-order valence-electron chi connectivity index (χ2n) is 7.35. The third kappa shape index (κ3) is 3.12. The maximum Gasteiger partial charge on any atom is 0.269 e. The number of fused-ring (bicyclic) bond motifs is 1. The minimum absolute atomic E-state index is 0.197. The van der Waals surface area contributed by atoms with Crippen LogP contribution in [-0.2, 0) is 24.6 Å². The molecule has 10 nitrogen and oxygen atoms in total. The third-order valence-electron chi connectivity index (χ3n) is 5.76. The molecule has 2 saturated heterocycles. The molecule has 2 atom stereocenters. The van der Waals surface area contributed by atoms with E-state index in [4.69, 9.17) is 4.74 Å². The fourth-order valence-electron chi connectivity index (χ4n) is 4.22. The van der Waals surface area contributed by atoms with Gasteiger partial charge in [0, 0.05) is 25.0 Å². The molecule has 0 aliphatic carbocycles. The first-order valence-electron chi connectivity index (χ1n) is 9.38. The van der Waals surface area contributed by atoms with Crippen LogP contribution in [0.4, 0.5) is 11.4 Å². The van der Waals surface area contributed by atoms with Gasteiger partial charge in [-0.05, 0) is 29.8 Å². The number of hydrogen-bond acceptors (Lipinski definition) is 7. The second-order valence-corrected chi connectivity index (χ2v) is 7.35. The van der Waals surface area contributed by atoms with Gasteiger partial charge in [-0.15, -0.1) is 0 Å². The number of methoxy groups -OCH3 is 1. The maximum absolute atomic E-state index is 13.4. The number of nitro groups is 1. The van der Waals surface area contributed by atoms with E-state index in [0.717, 1.165) is 4.90 Å². The summed E-state index contributed by atoms with van der Waals surface area (Å²) in [6.07, 6.45) is -0.659.